The lowest BCUT2D eigenvalue weighted by Crippen LogP contribution is -2.25. The minimum atomic E-state index is -0.425. The molecule has 0 spiro atoms. The maximum atomic E-state index is 12.4. The number of nitrogens with one attached hydrogen (secondary N) is 1. The number of carbonyl (C=O) groups excluding carboxylic acids is 1. The number of hydrogen-bond acceptors (Lipinski definition) is 7. The van der Waals surface area contributed by atoms with Gasteiger partial charge >= 0.3 is 0 Å². The van der Waals surface area contributed by atoms with E-state index in [2.05, 4.69) is 20.6 Å². The van der Waals surface area contributed by atoms with Crippen LogP contribution < -0.4 is 11.2 Å². The summed E-state index contributed by atoms with van der Waals surface area (Å²) >= 11 is 1.21. The SMILES string of the molecule is CC(Sc1nnc(-c2ccco2)n1N)C(=O)Nc1ccnn1C(C)C. The maximum Gasteiger partial charge on any atom is 0.238 e. The second-order valence-electron chi connectivity index (χ2n) is 5.66. The van der Waals surface area contributed by atoms with Crippen molar-refractivity contribution in [1.29, 1.82) is 0 Å². The average molecular weight is 361 g/mol. The van der Waals surface area contributed by atoms with E-state index in [0.717, 1.165) is 0 Å². The van der Waals surface area contributed by atoms with Gasteiger partial charge in [-0.1, -0.05) is 11.8 Å². The number of rotatable bonds is 6. The third-order valence-electron chi connectivity index (χ3n) is 3.47. The van der Waals surface area contributed by atoms with E-state index in [1.54, 1.807) is 36.0 Å². The maximum absolute atomic E-state index is 12.4. The molecule has 25 heavy (non-hydrogen) atoms. The van der Waals surface area contributed by atoms with Crippen molar-refractivity contribution in [2.24, 2.45) is 0 Å². The number of thioether (sulfide) groups is 1. The predicted octanol–water partition coefficient (Wildman–Crippen LogP) is 2.15. The summed E-state index contributed by atoms with van der Waals surface area (Å²) in [5.41, 5.74) is 0. The number of furan rings is 1. The number of nitrogens with two attached hydrogens (primary N) is 1. The monoisotopic (exact) mass is 361 g/mol. The van der Waals surface area contributed by atoms with Crippen LogP contribution >= 0.6 is 11.8 Å². The van der Waals surface area contributed by atoms with Gasteiger partial charge in [-0.2, -0.15) is 5.10 Å². The third-order valence-corrected chi connectivity index (χ3v) is 4.53. The van der Waals surface area contributed by atoms with Crippen LogP contribution in [0.5, 0.6) is 0 Å². The van der Waals surface area contributed by atoms with E-state index in [0.29, 0.717) is 22.6 Å². The summed E-state index contributed by atoms with van der Waals surface area (Å²) < 4.78 is 8.33. The van der Waals surface area contributed by atoms with E-state index in [4.69, 9.17) is 10.3 Å². The Morgan fingerprint density at radius 3 is 2.80 bits per heavy atom. The van der Waals surface area contributed by atoms with Crippen molar-refractivity contribution in [3.63, 3.8) is 0 Å². The van der Waals surface area contributed by atoms with E-state index in [1.165, 1.54) is 22.7 Å². The van der Waals surface area contributed by atoms with E-state index in [1.807, 2.05) is 13.8 Å². The van der Waals surface area contributed by atoms with Crippen molar-refractivity contribution < 1.29 is 9.21 Å². The average Bonchev–Trinajstić information content (AvgIpc) is 3.29. The van der Waals surface area contributed by atoms with Gasteiger partial charge in [-0.25, -0.2) is 9.36 Å². The summed E-state index contributed by atoms with van der Waals surface area (Å²) in [6, 6.07) is 5.39. The van der Waals surface area contributed by atoms with Gasteiger partial charge in [-0.3, -0.25) is 4.79 Å². The fourth-order valence-electron chi connectivity index (χ4n) is 2.20. The normalized spacial score (nSPS) is 12.5. The van der Waals surface area contributed by atoms with E-state index in [-0.39, 0.29) is 11.9 Å². The molecular formula is C15H19N7O2S. The summed E-state index contributed by atoms with van der Waals surface area (Å²) in [4.78, 5) is 12.4. The van der Waals surface area contributed by atoms with Gasteiger partial charge < -0.3 is 15.6 Å². The molecule has 3 rings (SSSR count). The Bertz CT molecular complexity index is 853. The van der Waals surface area contributed by atoms with Crippen LogP contribution in [0, 0.1) is 0 Å². The molecule has 0 aromatic carbocycles. The first-order valence-electron chi connectivity index (χ1n) is 7.72. The minimum absolute atomic E-state index is 0.149. The highest BCUT2D eigenvalue weighted by Crippen LogP contribution is 2.25. The molecule has 0 bridgehead atoms. The van der Waals surface area contributed by atoms with Gasteiger partial charge in [0.05, 0.1) is 17.7 Å². The predicted molar refractivity (Wildman–Crippen MR) is 94.4 cm³/mol. The molecule has 0 aliphatic carbocycles. The second-order valence-corrected chi connectivity index (χ2v) is 6.97. The van der Waals surface area contributed by atoms with E-state index >= 15 is 0 Å². The third kappa shape index (κ3) is 3.53. The first-order chi connectivity index (χ1) is 12.0. The topological polar surface area (TPSA) is 117 Å². The zero-order valence-corrected chi connectivity index (χ0v) is 14.9. The molecule has 0 saturated carbocycles. The molecule has 3 N–H and O–H groups in total. The number of nitrogens with zero attached hydrogens (tertiary/aromatic N) is 5. The lowest BCUT2D eigenvalue weighted by atomic mass is 10.4. The fourth-order valence-corrected chi connectivity index (χ4v) is 2.97. The standard InChI is InChI=1S/C15H19N7O2S/c1-9(2)22-12(6-7-17-22)18-14(23)10(3)25-15-20-19-13(21(15)16)11-5-4-8-24-11/h4-10H,16H2,1-3H3,(H,18,23). The van der Waals surface area contributed by atoms with Crippen LogP contribution in [0.25, 0.3) is 11.6 Å². The van der Waals surface area contributed by atoms with Gasteiger partial charge in [0.2, 0.25) is 16.9 Å². The molecule has 1 amide bonds. The van der Waals surface area contributed by atoms with Gasteiger partial charge in [0.1, 0.15) is 5.82 Å². The Balaban J connectivity index is 1.69. The Kier molecular flexibility index (Phi) is 4.79. The summed E-state index contributed by atoms with van der Waals surface area (Å²) in [6.07, 6.45) is 3.18. The molecule has 0 aliphatic heterocycles. The Morgan fingerprint density at radius 2 is 2.12 bits per heavy atom. The molecule has 10 heteroatoms. The van der Waals surface area contributed by atoms with Crippen molar-refractivity contribution in [1.82, 2.24) is 24.7 Å². The Morgan fingerprint density at radius 1 is 1.32 bits per heavy atom. The van der Waals surface area contributed by atoms with Crippen LogP contribution in [-0.2, 0) is 4.79 Å². The van der Waals surface area contributed by atoms with Crippen LogP contribution in [0.4, 0.5) is 5.82 Å². The molecule has 132 valence electrons. The van der Waals surface area contributed by atoms with Gasteiger partial charge in [-0.05, 0) is 32.9 Å². The zero-order valence-electron chi connectivity index (χ0n) is 14.1. The van der Waals surface area contributed by atoms with Gasteiger partial charge in [0.15, 0.2) is 5.76 Å². The molecule has 3 heterocycles. The van der Waals surface area contributed by atoms with Crippen molar-refractivity contribution in [3.8, 4) is 11.6 Å². The van der Waals surface area contributed by atoms with E-state index < -0.39 is 5.25 Å². The molecule has 3 aromatic rings. The molecule has 9 nitrogen and oxygen atoms in total. The molecule has 1 unspecified atom stereocenters. The summed E-state index contributed by atoms with van der Waals surface area (Å²) in [7, 11) is 0. The van der Waals surface area contributed by atoms with Crippen LogP contribution in [-0.4, -0.2) is 35.8 Å². The quantitative estimate of drug-likeness (QED) is 0.510. The van der Waals surface area contributed by atoms with Crippen LogP contribution in [0.1, 0.15) is 26.8 Å². The first-order valence-corrected chi connectivity index (χ1v) is 8.60. The summed E-state index contributed by atoms with van der Waals surface area (Å²) in [6.45, 7) is 5.76. The summed E-state index contributed by atoms with van der Waals surface area (Å²) in [5.74, 6) is 7.40. The highest BCUT2D eigenvalue weighted by Gasteiger charge is 2.21. The minimum Gasteiger partial charge on any atom is -0.461 e. The Labute approximate surface area is 148 Å². The van der Waals surface area contributed by atoms with Gasteiger partial charge in [-0.15, -0.1) is 10.2 Å². The molecule has 0 radical (unpaired) electrons. The second kappa shape index (κ2) is 7.01. The molecular weight excluding hydrogens is 342 g/mol. The van der Waals surface area contributed by atoms with Crippen molar-refractivity contribution in [2.45, 2.75) is 37.2 Å². The van der Waals surface area contributed by atoms with Crippen LogP contribution in [0.15, 0.2) is 40.2 Å². The number of amides is 1. The largest absolute Gasteiger partial charge is 0.461 e. The van der Waals surface area contributed by atoms with Crippen molar-refractivity contribution in [2.75, 3.05) is 11.2 Å². The Hall–Kier alpha value is -2.75. The molecule has 3 aromatic heterocycles. The highest BCUT2D eigenvalue weighted by atomic mass is 32.2. The van der Waals surface area contributed by atoms with Gasteiger partial charge in [0, 0.05) is 12.1 Å². The molecule has 0 saturated heterocycles. The van der Waals surface area contributed by atoms with E-state index in [9.17, 15) is 4.79 Å². The number of nitrogen functional groups attached to an aromatic ring is 1. The fraction of sp³-hybridized carbons (Fsp3) is 0.333. The van der Waals surface area contributed by atoms with Crippen LogP contribution in [0.2, 0.25) is 0 Å². The lowest BCUT2D eigenvalue weighted by Gasteiger charge is -2.14. The van der Waals surface area contributed by atoms with Gasteiger partial charge in [0.25, 0.3) is 0 Å². The van der Waals surface area contributed by atoms with Crippen LogP contribution in [0.3, 0.4) is 0 Å². The number of aromatic nitrogens is 5. The molecule has 0 fully saturated rings. The zero-order chi connectivity index (χ0) is 18.0. The summed E-state index contributed by atoms with van der Waals surface area (Å²) in [5, 5.41) is 15.1. The number of hydrogen-bond donors (Lipinski definition) is 2. The first kappa shape index (κ1) is 17.1. The number of carbonyl (C=O) groups is 1. The number of anilines is 1. The molecule has 1 atom stereocenters. The van der Waals surface area contributed by atoms with Crippen molar-refractivity contribution >= 4 is 23.5 Å². The smallest absolute Gasteiger partial charge is 0.238 e. The highest BCUT2D eigenvalue weighted by molar-refractivity contribution is 8.00. The van der Waals surface area contributed by atoms with Crippen molar-refractivity contribution in [3.05, 3.63) is 30.7 Å². The molecule has 0 aliphatic rings. The lowest BCUT2D eigenvalue weighted by molar-refractivity contribution is -0.115.